The molecule has 0 spiro atoms. The summed E-state index contributed by atoms with van der Waals surface area (Å²) in [6.45, 7) is 8.49. The Morgan fingerprint density at radius 2 is 2.16 bits per heavy atom. The van der Waals surface area contributed by atoms with Crippen molar-refractivity contribution in [1.29, 1.82) is 0 Å². The molecule has 1 heterocycles. The first-order chi connectivity index (χ1) is 9.25. The molecule has 2 N–H and O–H groups in total. The Labute approximate surface area is 115 Å². The van der Waals surface area contributed by atoms with Gasteiger partial charge in [-0.1, -0.05) is 12.1 Å². The van der Waals surface area contributed by atoms with Gasteiger partial charge in [-0.25, -0.2) is 4.39 Å². The van der Waals surface area contributed by atoms with Gasteiger partial charge in [-0.3, -0.25) is 4.90 Å². The summed E-state index contributed by atoms with van der Waals surface area (Å²) in [7, 11) is 0. The van der Waals surface area contributed by atoms with Crippen LogP contribution in [0.3, 0.4) is 0 Å². The molecule has 1 unspecified atom stereocenters. The maximum Gasteiger partial charge on any atom is 0.123 e. The molecule has 1 atom stereocenters. The van der Waals surface area contributed by atoms with Crippen molar-refractivity contribution in [2.24, 2.45) is 0 Å². The van der Waals surface area contributed by atoms with Gasteiger partial charge in [0.2, 0.25) is 0 Å². The number of halogens is 1. The molecule has 0 aromatic heterocycles. The van der Waals surface area contributed by atoms with Crippen molar-refractivity contribution in [3.8, 4) is 0 Å². The average Bonchev–Trinajstić information content (AvgIpc) is 2.44. The highest BCUT2D eigenvalue weighted by molar-refractivity contribution is 5.15. The fraction of sp³-hybridized carbons (Fsp3) is 0.600. The lowest BCUT2D eigenvalue weighted by Gasteiger charge is -2.32. The quantitative estimate of drug-likeness (QED) is 0.765. The fourth-order valence-corrected chi connectivity index (χ4v) is 2.50. The Morgan fingerprint density at radius 1 is 1.37 bits per heavy atom. The molecule has 4 heteroatoms. The first kappa shape index (κ1) is 14.4. The van der Waals surface area contributed by atoms with Gasteiger partial charge in [0.05, 0.1) is 0 Å². The predicted molar refractivity (Wildman–Crippen MR) is 76.6 cm³/mol. The number of rotatable bonds is 6. The SMILES string of the molecule is CC(CCNCc1cccc(F)c1)N1CCNCC1. The minimum atomic E-state index is -0.159. The van der Waals surface area contributed by atoms with Gasteiger partial charge in [-0.2, -0.15) is 0 Å². The van der Waals surface area contributed by atoms with E-state index in [1.54, 1.807) is 12.1 Å². The van der Waals surface area contributed by atoms with E-state index in [-0.39, 0.29) is 5.82 Å². The standard InChI is InChI=1S/C15H24FN3/c1-13(19-9-7-17-8-10-19)5-6-18-12-14-3-2-4-15(16)11-14/h2-4,11,13,17-18H,5-10,12H2,1H3. The van der Waals surface area contributed by atoms with Crippen LogP contribution in [-0.2, 0) is 6.54 Å². The zero-order valence-corrected chi connectivity index (χ0v) is 11.7. The molecule has 0 aliphatic carbocycles. The first-order valence-corrected chi connectivity index (χ1v) is 7.15. The van der Waals surface area contributed by atoms with E-state index in [9.17, 15) is 4.39 Å². The fourth-order valence-electron chi connectivity index (χ4n) is 2.50. The maximum atomic E-state index is 13.0. The van der Waals surface area contributed by atoms with E-state index in [4.69, 9.17) is 0 Å². The number of nitrogens with zero attached hydrogens (tertiary/aromatic N) is 1. The minimum absolute atomic E-state index is 0.159. The largest absolute Gasteiger partial charge is 0.314 e. The summed E-state index contributed by atoms with van der Waals surface area (Å²) < 4.78 is 13.0. The van der Waals surface area contributed by atoms with Crippen LogP contribution < -0.4 is 10.6 Å². The van der Waals surface area contributed by atoms with Crippen molar-refractivity contribution in [2.75, 3.05) is 32.7 Å². The number of hydrogen-bond donors (Lipinski definition) is 2. The molecule has 1 aromatic rings. The smallest absolute Gasteiger partial charge is 0.123 e. The monoisotopic (exact) mass is 265 g/mol. The van der Waals surface area contributed by atoms with E-state index in [0.29, 0.717) is 6.04 Å². The lowest BCUT2D eigenvalue weighted by atomic mass is 10.1. The Morgan fingerprint density at radius 3 is 2.89 bits per heavy atom. The summed E-state index contributed by atoms with van der Waals surface area (Å²) in [5.74, 6) is -0.159. The van der Waals surface area contributed by atoms with Crippen LogP contribution in [0.15, 0.2) is 24.3 Å². The average molecular weight is 265 g/mol. The van der Waals surface area contributed by atoms with Gasteiger partial charge in [0, 0.05) is 38.8 Å². The second-order valence-corrected chi connectivity index (χ2v) is 5.23. The summed E-state index contributed by atoms with van der Waals surface area (Å²) in [5, 5.41) is 6.76. The summed E-state index contributed by atoms with van der Waals surface area (Å²) in [4.78, 5) is 2.53. The van der Waals surface area contributed by atoms with Crippen molar-refractivity contribution in [1.82, 2.24) is 15.5 Å². The molecule has 106 valence electrons. The highest BCUT2D eigenvalue weighted by Gasteiger charge is 2.15. The number of hydrogen-bond acceptors (Lipinski definition) is 3. The summed E-state index contributed by atoms with van der Waals surface area (Å²) in [6, 6.07) is 7.40. The third kappa shape index (κ3) is 4.90. The Kier molecular flexibility index (Phi) is 5.76. The molecule has 0 amide bonds. The highest BCUT2D eigenvalue weighted by atomic mass is 19.1. The zero-order chi connectivity index (χ0) is 13.5. The van der Waals surface area contributed by atoms with Crippen molar-refractivity contribution in [3.05, 3.63) is 35.6 Å². The molecule has 2 rings (SSSR count). The van der Waals surface area contributed by atoms with Gasteiger partial charge in [-0.15, -0.1) is 0 Å². The van der Waals surface area contributed by atoms with Crippen LogP contribution >= 0.6 is 0 Å². The topological polar surface area (TPSA) is 27.3 Å². The van der Waals surface area contributed by atoms with E-state index >= 15 is 0 Å². The van der Waals surface area contributed by atoms with E-state index < -0.39 is 0 Å². The Hall–Kier alpha value is -0.970. The molecule has 19 heavy (non-hydrogen) atoms. The second-order valence-electron chi connectivity index (χ2n) is 5.23. The molecule has 1 aliphatic heterocycles. The number of benzene rings is 1. The number of piperazine rings is 1. The minimum Gasteiger partial charge on any atom is -0.314 e. The van der Waals surface area contributed by atoms with Gasteiger partial charge in [0.15, 0.2) is 0 Å². The predicted octanol–water partition coefficient (Wildman–Crippen LogP) is 1.60. The van der Waals surface area contributed by atoms with Crippen LogP contribution in [0, 0.1) is 5.82 Å². The Balaban J connectivity index is 1.63. The molecular weight excluding hydrogens is 241 g/mol. The molecule has 1 saturated heterocycles. The highest BCUT2D eigenvalue weighted by Crippen LogP contribution is 2.05. The van der Waals surface area contributed by atoms with Crippen LogP contribution in [-0.4, -0.2) is 43.7 Å². The van der Waals surface area contributed by atoms with Crippen molar-refractivity contribution < 1.29 is 4.39 Å². The van der Waals surface area contributed by atoms with E-state index in [1.165, 1.54) is 6.07 Å². The lowest BCUT2D eigenvalue weighted by molar-refractivity contribution is 0.176. The van der Waals surface area contributed by atoms with Crippen molar-refractivity contribution in [2.45, 2.75) is 25.9 Å². The van der Waals surface area contributed by atoms with Crippen LogP contribution in [0.4, 0.5) is 4.39 Å². The maximum absolute atomic E-state index is 13.0. The summed E-state index contributed by atoms with van der Waals surface area (Å²) in [6.07, 6.45) is 1.13. The van der Waals surface area contributed by atoms with Crippen molar-refractivity contribution >= 4 is 0 Å². The summed E-state index contributed by atoms with van der Waals surface area (Å²) in [5.41, 5.74) is 1.01. The van der Waals surface area contributed by atoms with Gasteiger partial charge < -0.3 is 10.6 Å². The van der Waals surface area contributed by atoms with E-state index in [0.717, 1.165) is 51.3 Å². The van der Waals surface area contributed by atoms with Crippen molar-refractivity contribution in [3.63, 3.8) is 0 Å². The van der Waals surface area contributed by atoms with Crippen LogP contribution in [0.5, 0.6) is 0 Å². The molecular formula is C15H24FN3. The van der Waals surface area contributed by atoms with E-state index in [1.807, 2.05) is 6.07 Å². The van der Waals surface area contributed by atoms with Crippen LogP contribution in [0.25, 0.3) is 0 Å². The molecule has 1 aliphatic rings. The summed E-state index contributed by atoms with van der Waals surface area (Å²) >= 11 is 0. The molecule has 1 fully saturated rings. The third-order valence-electron chi connectivity index (χ3n) is 3.73. The number of nitrogens with one attached hydrogen (secondary N) is 2. The molecule has 3 nitrogen and oxygen atoms in total. The zero-order valence-electron chi connectivity index (χ0n) is 11.7. The van der Waals surface area contributed by atoms with Gasteiger partial charge in [0.1, 0.15) is 5.82 Å². The van der Waals surface area contributed by atoms with Gasteiger partial charge in [0.25, 0.3) is 0 Å². The lowest BCUT2D eigenvalue weighted by Crippen LogP contribution is -2.48. The normalized spacial score (nSPS) is 18.4. The molecule has 0 bridgehead atoms. The Bertz CT molecular complexity index is 377. The van der Waals surface area contributed by atoms with Gasteiger partial charge in [-0.05, 0) is 37.6 Å². The molecule has 1 aromatic carbocycles. The van der Waals surface area contributed by atoms with Gasteiger partial charge >= 0.3 is 0 Å². The van der Waals surface area contributed by atoms with E-state index in [2.05, 4.69) is 22.5 Å². The second kappa shape index (κ2) is 7.58. The molecule has 0 saturated carbocycles. The van der Waals surface area contributed by atoms with Crippen LogP contribution in [0.2, 0.25) is 0 Å². The van der Waals surface area contributed by atoms with Crippen LogP contribution in [0.1, 0.15) is 18.9 Å². The first-order valence-electron chi connectivity index (χ1n) is 7.15. The molecule has 0 radical (unpaired) electrons. The third-order valence-corrected chi connectivity index (χ3v) is 3.73.